The normalized spacial score (nSPS) is 9.83. The van der Waals surface area contributed by atoms with Crippen LogP contribution in [0.4, 0.5) is 0 Å². The highest BCUT2D eigenvalue weighted by Crippen LogP contribution is 1.97. The molecule has 0 saturated carbocycles. The fourth-order valence-electron chi connectivity index (χ4n) is 0.792. The molecule has 0 atom stereocenters. The summed E-state index contributed by atoms with van der Waals surface area (Å²) in [7, 11) is 1.66. The number of nitrogens with zero attached hydrogens (tertiary/aromatic N) is 3. The smallest absolute Gasteiger partial charge is 0.192 e. The van der Waals surface area contributed by atoms with Crippen LogP contribution in [0, 0.1) is 0 Å². The summed E-state index contributed by atoms with van der Waals surface area (Å²) in [5.74, 6) is -0.443. The molecular formula is C7H9N3O2. The van der Waals surface area contributed by atoms with Crippen molar-refractivity contribution in [1.82, 2.24) is 15.0 Å². The van der Waals surface area contributed by atoms with Gasteiger partial charge in [-0.15, -0.1) is 5.10 Å². The topological polar surface area (TPSA) is 64.8 Å². The van der Waals surface area contributed by atoms with Crippen LogP contribution >= 0.6 is 0 Å². The maximum absolute atomic E-state index is 11.1. The van der Waals surface area contributed by atoms with E-state index in [1.165, 1.54) is 17.8 Å². The fourth-order valence-corrected chi connectivity index (χ4v) is 0.792. The van der Waals surface area contributed by atoms with Gasteiger partial charge < -0.3 is 0 Å². The summed E-state index contributed by atoms with van der Waals surface area (Å²) in [6.07, 6.45) is 1.39. The van der Waals surface area contributed by atoms with Gasteiger partial charge in [0, 0.05) is 7.05 Å². The Hall–Kier alpha value is -1.52. The number of rotatable bonds is 3. The largest absolute Gasteiger partial charge is 0.300 e. The molecule has 5 heteroatoms. The number of hydrogen-bond donors (Lipinski definition) is 0. The van der Waals surface area contributed by atoms with Crippen LogP contribution in [0.3, 0.4) is 0 Å². The molecule has 64 valence electrons. The second-order valence-electron chi connectivity index (χ2n) is 2.58. The van der Waals surface area contributed by atoms with E-state index in [0.717, 1.165) is 0 Å². The summed E-state index contributed by atoms with van der Waals surface area (Å²) < 4.78 is 1.42. The van der Waals surface area contributed by atoms with Crippen LogP contribution in [-0.4, -0.2) is 26.6 Å². The molecule has 0 spiro atoms. The van der Waals surface area contributed by atoms with E-state index in [9.17, 15) is 9.59 Å². The highest BCUT2D eigenvalue weighted by molar-refractivity contribution is 6.06. The van der Waals surface area contributed by atoms with Gasteiger partial charge in [0.05, 0.1) is 12.6 Å². The molecule has 0 aliphatic rings. The standard InChI is InChI=1S/C7H9N3O2/c1-5(11)3-7(12)6-4-10(2)9-8-6/h4H,3H2,1-2H3. The van der Waals surface area contributed by atoms with Gasteiger partial charge in [0.25, 0.3) is 0 Å². The van der Waals surface area contributed by atoms with Gasteiger partial charge in [-0.3, -0.25) is 14.3 Å². The van der Waals surface area contributed by atoms with Crippen LogP contribution in [0.25, 0.3) is 0 Å². The van der Waals surface area contributed by atoms with E-state index < -0.39 is 0 Å². The van der Waals surface area contributed by atoms with Crippen LogP contribution in [0.15, 0.2) is 6.20 Å². The predicted molar refractivity (Wildman–Crippen MR) is 40.6 cm³/mol. The molecule has 1 aromatic heterocycles. The molecule has 5 nitrogen and oxygen atoms in total. The lowest BCUT2D eigenvalue weighted by atomic mass is 10.2. The zero-order valence-corrected chi connectivity index (χ0v) is 6.94. The minimum Gasteiger partial charge on any atom is -0.300 e. The van der Waals surface area contributed by atoms with Crippen LogP contribution in [0.1, 0.15) is 23.8 Å². The highest BCUT2D eigenvalue weighted by atomic mass is 16.1. The Bertz CT molecular complexity index is 316. The summed E-state index contributed by atoms with van der Waals surface area (Å²) >= 11 is 0. The fraction of sp³-hybridized carbons (Fsp3) is 0.429. The molecule has 0 unspecified atom stereocenters. The molecule has 0 N–H and O–H groups in total. The van der Waals surface area contributed by atoms with Gasteiger partial charge in [-0.25, -0.2) is 0 Å². The second kappa shape index (κ2) is 3.25. The molecule has 0 bridgehead atoms. The third-order valence-electron chi connectivity index (χ3n) is 1.30. The van der Waals surface area contributed by atoms with Gasteiger partial charge in [-0.2, -0.15) is 0 Å². The molecule has 0 amide bonds. The molecule has 0 aromatic carbocycles. The first-order valence-corrected chi connectivity index (χ1v) is 3.48. The number of carbonyl (C=O) groups is 2. The maximum atomic E-state index is 11.1. The van der Waals surface area contributed by atoms with Crippen LogP contribution in [0.2, 0.25) is 0 Å². The highest BCUT2D eigenvalue weighted by Gasteiger charge is 2.11. The van der Waals surface area contributed by atoms with Crippen molar-refractivity contribution in [2.24, 2.45) is 7.05 Å². The first-order valence-electron chi connectivity index (χ1n) is 3.48. The summed E-state index contributed by atoms with van der Waals surface area (Å²) in [6.45, 7) is 1.37. The lowest BCUT2D eigenvalue weighted by Gasteiger charge is -1.89. The summed E-state index contributed by atoms with van der Waals surface area (Å²) in [5, 5.41) is 7.16. The average molecular weight is 167 g/mol. The van der Waals surface area contributed by atoms with Crippen molar-refractivity contribution in [1.29, 1.82) is 0 Å². The zero-order chi connectivity index (χ0) is 9.14. The first-order chi connectivity index (χ1) is 5.59. The van der Waals surface area contributed by atoms with Crippen molar-refractivity contribution in [3.05, 3.63) is 11.9 Å². The number of aryl methyl sites for hydroxylation is 1. The average Bonchev–Trinajstić information content (AvgIpc) is 2.34. The maximum Gasteiger partial charge on any atom is 0.192 e. The monoisotopic (exact) mass is 167 g/mol. The van der Waals surface area contributed by atoms with Crippen molar-refractivity contribution in [2.45, 2.75) is 13.3 Å². The number of aromatic nitrogens is 3. The van der Waals surface area contributed by atoms with Gasteiger partial charge in [0.2, 0.25) is 0 Å². The van der Waals surface area contributed by atoms with Gasteiger partial charge >= 0.3 is 0 Å². The first kappa shape index (κ1) is 8.58. The van der Waals surface area contributed by atoms with E-state index in [-0.39, 0.29) is 23.7 Å². The number of carbonyl (C=O) groups excluding carboxylic acids is 2. The van der Waals surface area contributed by atoms with Gasteiger partial charge in [-0.05, 0) is 6.92 Å². The van der Waals surface area contributed by atoms with E-state index in [4.69, 9.17) is 0 Å². The van der Waals surface area contributed by atoms with Crippen molar-refractivity contribution in [3.8, 4) is 0 Å². The Morgan fingerprint density at radius 2 is 2.25 bits per heavy atom. The minimum absolute atomic E-state index is 0.0985. The molecule has 0 radical (unpaired) electrons. The van der Waals surface area contributed by atoms with Crippen molar-refractivity contribution < 1.29 is 9.59 Å². The van der Waals surface area contributed by atoms with Gasteiger partial charge in [0.15, 0.2) is 5.78 Å². The second-order valence-corrected chi connectivity index (χ2v) is 2.58. The van der Waals surface area contributed by atoms with Gasteiger partial charge in [-0.1, -0.05) is 5.21 Å². The quantitative estimate of drug-likeness (QED) is 0.468. The summed E-state index contributed by atoms with van der Waals surface area (Å²) in [5.41, 5.74) is 0.243. The lowest BCUT2D eigenvalue weighted by molar-refractivity contribution is -0.116. The SMILES string of the molecule is CC(=O)CC(=O)c1cn(C)nn1. The number of Topliss-reactive ketones (excluding diaryl/α,β-unsaturated/α-hetero) is 2. The number of ketones is 2. The molecular weight excluding hydrogens is 158 g/mol. The predicted octanol–water partition coefficient (Wildman–Crippen LogP) is -0.0231. The summed E-state index contributed by atoms with van der Waals surface area (Å²) in [6, 6.07) is 0. The van der Waals surface area contributed by atoms with Crippen molar-refractivity contribution in [2.75, 3.05) is 0 Å². The zero-order valence-electron chi connectivity index (χ0n) is 6.94. The van der Waals surface area contributed by atoms with Gasteiger partial charge in [0.1, 0.15) is 11.5 Å². The molecule has 1 aromatic rings. The van der Waals surface area contributed by atoms with E-state index in [1.807, 2.05) is 0 Å². The van der Waals surface area contributed by atoms with E-state index in [0.29, 0.717) is 0 Å². The Balaban J connectivity index is 2.72. The molecule has 12 heavy (non-hydrogen) atoms. The van der Waals surface area contributed by atoms with Crippen molar-refractivity contribution >= 4 is 11.6 Å². The lowest BCUT2D eigenvalue weighted by Crippen LogP contribution is -2.05. The van der Waals surface area contributed by atoms with E-state index in [1.54, 1.807) is 7.05 Å². The summed E-state index contributed by atoms with van der Waals surface area (Å²) in [4.78, 5) is 21.7. The molecule has 0 saturated heterocycles. The van der Waals surface area contributed by atoms with E-state index >= 15 is 0 Å². The molecule has 1 heterocycles. The Morgan fingerprint density at radius 1 is 1.58 bits per heavy atom. The molecule has 1 rings (SSSR count). The minimum atomic E-state index is -0.282. The van der Waals surface area contributed by atoms with Crippen LogP contribution < -0.4 is 0 Å². The number of hydrogen-bond acceptors (Lipinski definition) is 4. The Labute approximate surface area is 69.4 Å². The molecule has 0 aliphatic carbocycles. The Kier molecular flexibility index (Phi) is 2.32. The van der Waals surface area contributed by atoms with Crippen LogP contribution in [-0.2, 0) is 11.8 Å². The Morgan fingerprint density at radius 3 is 2.67 bits per heavy atom. The molecule has 0 fully saturated rings. The third kappa shape index (κ3) is 1.98. The van der Waals surface area contributed by atoms with E-state index in [2.05, 4.69) is 10.3 Å². The third-order valence-corrected chi connectivity index (χ3v) is 1.30. The van der Waals surface area contributed by atoms with Crippen LogP contribution in [0.5, 0.6) is 0 Å². The molecule has 0 aliphatic heterocycles. The van der Waals surface area contributed by atoms with Crippen molar-refractivity contribution in [3.63, 3.8) is 0 Å².